The first-order valence-electron chi connectivity index (χ1n) is 12.8. The van der Waals surface area contributed by atoms with E-state index in [0.717, 1.165) is 37.3 Å². The number of hydrogen-bond donors (Lipinski definition) is 2. The molecule has 0 radical (unpaired) electrons. The lowest BCUT2D eigenvalue weighted by Crippen LogP contribution is -2.21. The Bertz CT molecular complexity index is 897. The van der Waals surface area contributed by atoms with Crippen LogP contribution in [0.2, 0.25) is 0 Å². The SMILES string of the molecule is CCN(CC)c1ccc(/C=N/NC(=O)CCCCC(=O)N/N=C/c2ccc(N(CC)CC)cc2)cc1. The summed E-state index contributed by atoms with van der Waals surface area (Å²) in [6, 6.07) is 16.1. The molecule has 2 aromatic carbocycles. The first-order valence-corrected chi connectivity index (χ1v) is 12.8. The van der Waals surface area contributed by atoms with E-state index in [4.69, 9.17) is 0 Å². The first kappa shape index (κ1) is 28.6. The molecule has 2 aromatic rings. The zero-order chi connectivity index (χ0) is 26.2. The zero-order valence-electron chi connectivity index (χ0n) is 22.0. The van der Waals surface area contributed by atoms with Crippen LogP contribution >= 0.6 is 0 Å². The average Bonchev–Trinajstić information content (AvgIpc) is 2.90. The Kier molecular flexibility index (Phi) is 12.8. The molecule has 0 aliphatic carbocycles. The number of hydrazone groups is 2. The Hall–Kier alpha value is -3.68. The Morgan fingerprint density at radius 3 is 1.28 bits per heavy atom. The fourth-order valence-corrected chi connectivity index (χ4v) is 3.76. The van der Waals surface area contributed by atoms with E-state index in [1.54, 1.807) is 12.4 Å². The van der Waals surface area contributed by atoms with Gasteiger partial charge in [-0.15, -0.1) is 0 Å². The summed E-state index contributed by atoms with van der Waals surface area (Å²) >= 11 is 0. The molecule has 36 heavy (non-hydrogen) atoms. The molecule has 0 spiro atoms. The molecular weight excluding hydrogens is 452 g/mol. The molecule has 2 rings (SSSR count). The van der Waals surface area contributed by atoms with Crippen molar-refractivity contribution in [1.29, 1.82) is 0 Å². The van der Waals surface area contributed by atoms with Gasteiger partial charge in [0.2, 0.25) is 11.8 Å². The maximum absolute atomic E-state index is 12.0. The predicted octanol–water partition coefficient (Wildman–Crippen LogP) is 4.54. The number of anilines is 2. The van der Waals surface area contributed by atoms with Gasteiger partial charge in [0.1, 0.15) is 0 Å². The van der Waals surface area contributed by atoms with Crippen LogP contribution in [0.15, 0.2) is 58.7 Å². The normalized spacial score (nSPS) is 11.1. The lowest BCUT2D eigenvalue weighted by Gasteiger charge is -2.20. The van der Waals surface area contributed by atoms with Gasteiger partial charge in [-0.05, 0) is 75.9 Å². The number of carbonyl (C=O) groups excluding carboxylic acids is 2. The highest BCUT2D eigenvalue weighted by atomic mass is 16.2. The van der Waals surface area contributed by atoms with E-state index in [0.29, 0.717) is 25.7 Å². The van der Waals surface area contributed by atoms with Crippen molar-refractivity contribution in [1.82, 2.24) is 10.9 Å². The molecule has 0 saturated heterocycles. The fourth-order valence-electron chi connectivity index (χ4n) is 3.76. The van der Waals surface area contributed by atoms with Gasteiger partial charge in [0.15, 0.2) is 0 Å². The van der Waals surface area contributed by atoms with Crippen molar-refractivity contribution >= 4 is 35.6 Å². The van der Waals surface area contributed by atoms with Gasteiger partial charge >= 0.3 is 0 Å². The molecule has 0 atom stereocenters. The van der Waals surface area contributed by atoms with Crippen molar-refractivity contribution in [3.8, 4) is 0 Å². The van der Waals surface area contributed by atoms with Crippen molar-refractivity contribution < 1.29 is 9.59 Å². The van der Waals surface area contributed by atoms with Crippen molar-refractivity contribution in [2.24, 2.45) is 10.2 Å². The summed E-state index contributed by atoms with van der Waals surface area (Å²) in [5.74, 6) is -0.338. The number of unbranched alkanes of at least 4 members (excludes halogenated alkanes) is 1. The smallest absolute Gasteiger partial charge is 0.240 e. The van der Waals surface area contributed by atoms with E-state index in [2.05, 4.69) is 58.5 Å². The minimum atomic E-state index is -0.169. The van der Waals surface area contributed by atoms with Crippen molar-refractivity contribution in [2.45, 2.75) is 53.4 Å². The molecule has 0 bridgehead atoms. The third-order valence-corrected chi connectivity index (χ3v) is 5.91. The molecule has 0 aliphatic rings. The summed E-state index contributed by atoms with van der Waals surface area (Å²) < 4.78 is 0. The number of amides is 2. The lowest BCUT2D eigenvalue weighted by molar-refractivity contribution is -0.123. The number of rotatable bonds is 15. The van der Waals surface area contributed by atoms with Crippen molar-refractivity contribution in [3.05, 3.63) is 59.7 Å². The number of hydrogen-bond acceptors (Lipinski definition) is 6. The molecule has 2 N–H and O–H groups in total. The van der Waals surface area contributed by atoms with Gasteiger partial charge in [-0.25, -0.2) is 10.9 Å². The van der Waals surface area contributed by atoms with Crippen LogP contribution in [-0.4, -0.2) is 50.4 Å². The van der Waals surface area contributed by atoms with E-state index in [1.807, 2.05) is 48.5 Å². The Labute approximate surface area is 215 Å². The van der Waals surface area contributed by atoms with Crippen molar-refractivity contribution in [2.75, 3.05) is 36.0 Å². The van der Waals surface area contributed by atoms with Gasteiger partial charge in [0.05, 0.1) is 12.4 Å². The van der Waals surface area contributed by atoms with E-state index in [9.17, 15) is 9.59 Å². The van der Waals surface area contributed by atoms with Crippen LogP contribution < -0.4 is 20.7 Å². The molecule has 8 heteroatoms. The monoisotopic (exact) mass is 492 g/mol. The number of nitrogens with zero attached hydrogens (tertiary/aromatic N) is 4. The molecule has 0 aromatic heterocycles. The minimum absolute atomic E-state index is 0.169. The minimum Gasteiger partial charge on any atom is -0.372 e. The van der Waals surface area contributed by atoms with Gasteiger partial charge in [-0.1, -0.05) is 24.3 Å². The van der Waals surface area contributed by atoms with Gasteiger partial charge in [0.25, 0.3) is 0 Å². The number of nitrogens with one attached hydrogen (secondary N) is 2. The molecule has 0 heterocycles. The second-order valence-electron chi connectivity index (χ2n) is 8.32. The summed E-state index contributed by atoms with van der Waals surface area (Å²) in [5, 5.41) is 8.05. The van der Waals surface area contributed by atoms with Crippen LogP contribution in [0, 0.1) is 0 Å². The van der Waals surface area contributed by atoms with Gasteiger partial charge in [0, 0.05) is 50.4 Å². The van der Waals surface area contributed by atoms with Crippen molar-refractivity contribution in [3.63, 3.8) is 0 Å². The fraction of sp³-hybridized carbons (Fsp3) is 0.429. The molecule has 0 fully saturated rings. The molecular formula is C28H40N6O2. The lowest BCUT2D eigenvalue weighted by atomic mass is 10.2. The summed E-state index contributed by atoms with van der Waals surface area (Å²) in [6.45, 7) is 12.3. The van der Waals surface area contributed by atoms with Gasteiger partial charge < -0.3 is 9.80 Å². The Morgan fingerprint density at radius 1 is 0.639 bits per heavy atom. The zero-order valence-corrected chi connectivity index (χ0v) is 22.0. The van der Waals surface area contributed by atoms with Crippen LogP contribution in [0.25, 0.3) is 0 Å². The van der Waals surface area contributed by atoms with Gasteiger partial charge in [-0.2, -0.15) is 10.2 Å². The standard InChI is InChI=1S/C28H40N6O2/c1-5-33(6-2)25-17-13-23(14-18-25)21-29-31-27(35)11-9-10-12-28(36)32-30-22-24-15-19-26(20-16-24)34(7-3)8-4/h13-22H,5-12H2,1-4H3,(H,31,35)(H,32,36)/b29-21+,30-22+. The van der Waals surface area contributed by atoms with Crippen LogP contribution in [0.1, 0.15) is 64.5 Å². The molecule has 0 unspecified atom stereocenters. The van der Waals surface area contributed by atoms with E-state index < -0.39 is 0 Å². The van der Waals surface area contributed by atoms with Crippen LogP contribution in [0.3, 0.4) is 0 Å². The maximum atomic E-state index is 12.0. The van der Waals surface area contributed by atoms with E-state index in [1.165, 1.54) is 11.4 Å². The Balaban J connectivity index is 1.62. The second-order valence-corrected chi connectivity index (χ2v) is 8.32. The summed E-state index contributed by atoms with van der Waals surface area (Å²) in [7, 11) is 0. The Morgan fingerprint density at radius 2 is 0.972 bits per heavy atom. The van der Waals surface area contributed by atoms with Crippen LogP contribution in [0.4, 0.5) is 11.4 Å². The van der Waals surface area contributed by atoms with Gasteiger partial charge in [-0.3, -0.25) is 9.59 Å². The van der Waals surface area contributed by atoms with E-state index in [-0.39, 0.29) is 11.8 Å². The molecule has 194 valence electrons. The van der Waals surface area contributed by atoms with Crippen LogP contribution in [-0.2, 0) is 9.59 Å². The molecule has 0 saturated carbocycles. The van der Waals surface area contributed by atoms with Crippen LogP contribution in [0.5, 0.6) is 0 Å². The highest BCUT2D eigenvalue weighted by molar-refractivity contribution is 5.84. The summed E-state index contributed by atoms with van der Waals surface area (Å²) in [6.07, 6.45) is 5.09. The summed E-state index contributed by atoms with van der Waals surface area (Å²) in [5.41, 5.74) is 9.26. The van der Waals surface area contributed by atoms with E-state index >= 15 is 0 Å². The highest BCUT2D eigenvalue weighted by Crippen LogP contribution is 2.15. The largest absolute Gasteiger partial charge is 0.372 e. The first-order chi connectivity index (χ1) is 17.5. The molecule has 0 aliphatic heterocycles. The maximum Gasteiger partial charge on any atom is 0.240 e. The topological polar surface area (TPSA) is 89.4 Å². The molecule has 8 nitrogen and oxygen atoms in total. The number of carbonyl (C=O) groups is 2. The quantitative estimate of drug-likeness (QED) is 0.217. The second kappa shape index (κ2) is 16.1. The third-order valence-electron chi connectivity index (χ3n) is 5.91. The molecule has 2 amide bonds. The predicted molar refractivity (Wildman–Crippen MR) is 150 cm³/mol. The number of benzene rings is 2. The highest BCUT2D eigenvalue weighted by Gasteiger charge is 2.04. The third kappa shape index (κ3) is 9.90. The summed E-state index contributed by atoms with van der Waals surface area (Å²) in [4.78, 5) is 28.5. The average molecular weight is 493 g/mol.